The zero-order chi connectivity index (χ0) is 24.4. The molecule has 0 atom stereocenters. The summed E-state index contributed by atoms with van der Waals surface area (Å²) in [6, 6.07) is 7.63. The Bertz CT molecular complexity index is 762. The summed E-state index contributed by atoms with van der Waals surface area (Å²) in [4.78, 5) is 23.3. The molecule has 0 aromatic heterocycles. The van der Waals surface area contributed by atoms with Crippen LogP contribution < -0.4 is 20.1 Å². The minimum absolute atomic E-state index is 0.0844. The second kappa shape index (κ2) is 17.5. The summed E-state index contributed by atoms with van der Waals surface area (Å²) in [5.74, 6) is 1.54. The average Bonchev–Trinajstić information content (AvgIpc) is 3.29. The Kier molecular flexibility index (Phi) is 15.7. The van der Waals surface area contributed by atoms with Gasteiger partial charge in [0.05, 0.1) is 6.54 Å². The van der Waals surface area contributed by atoms with Crippen LogP contribution >= 0.6 is 0 Å². The summed E-state index contributed by atoms with van der Waals surface area (Å²) < 4.78 is 10.2. The van der Waals surface area contributed by atoms with Crippen molar-refractivity contribution in [2.24, 2.45) is 0 Å². The fourth-order valence-electron chi connectivity index (χ4n) is 2.55. The van der Waals surface area contributed by atoms with E-state index in [1.54, 1.807) is 7.05 Å². The van der Waals surface area contributed by atoms with Crippen molar-refractivity contribution in [1.29, 1.82) is 0 Å². The number of benzene rings is 1. The molecule has 1 aromatic rings. The van der Waals surface area contributed by atoms with Crippen LogP contribution in [0.5, 0.6) is 11.5 Å². The normalized spacial score (nSPS) is 12.5. The summed E-state index contributed by atoms with van der Waals surface area (Å²) in [5, 5.41) is 6.13. The number of carbonyl (C=O) groups is 2. The van der Waals surface area contributed by atoms with Gasteiger partial charge >= 0.3 is 0 Å². The molecule has 0 fully saturated rings. The summed E-state index contributed by atoms with van der Waals surface area (Å²) in [6.45, 7) is 13.0. The maximum Gasteiger partial charge on any atom is 0.239 e. The van der Waals surface area contributed by atoms with Gasteiger partial charge in [0.1, 0.15) is 0 Å². The number of nitrogens with zero attached hydrogens (tertiary/aromatic N) is 1. The molecule has 0 spiro atoms. The second-order valence-electron chi connectivity index (χ2n) is 6.72. The van der Waals surface area contributed by atoms with E-state index >= 15 is 0 Å². The van der Waals surface area contributed by atoms with Crippen molar-refractivity contribution >= 4 is 12.3 Å². The first-order valence-corrected chi connectivity index (χ1v) is 10.9. The zero-order valence-electron chi connectivity index (χ0n) is 20.5. The van der Waals surface area contributed by atoms with Gasteiger partial charge in [0.25, 0.3) is 0 Å². The minimum Gasteiger partial charge on any atom is -0.454 e. The van der Waals surface area contributed by atoms with Gasteiger partial charge in [-0.1, -0.05) is 44.2 Å². The molecule has 0 aliphatic carbocycles. The third kappa shape index (κ3) is 11.8. The van der Waals surface area contributed by atoms with Gasteiger partial charge in [0.15, 0.2) is 11.5 Å². The number of hydrogen-bond donors (Lipinski definition) is 2. The quantitative estimate of drug-likeness (QED) is 0.435. The lowest BCUT2D eigenvalue weighted by molar-refractivity contribution is -0.127. The van der Waals surface area contributed by atoms with Crippen LogP contribution in [0.4, 0.5) is 0 Å². The second-order valence-corrected chi connectivity index (χ2v) is 6.72. The molecule has 1 aliphatic heterocycles. The van der Waals surface area contributed by atoms with Gasteiger partial charge in [0.2, 0.25) is 19.1 Å². The lowest BCUT2D eigenvalue weighted by Gasteiger charge is -2.14. The number of amides is 2. The number of para-hydroxylation sites is 2. The molecule has 7 heteroatoms. The van der Waals surface area contributed by atoms with E-state index in [-0.39, 0.29) is 12.5 Å². The molecule has 32 heavy (non-hydrogen) atoms. The first-order chi connectivity index (χ1) is 15.4. The number of allylic oxidation sites excluding steroid dienone is 5. The highest BCUT2D eigenvalue weighted by atomic mass is 16.7. The molecule has 2 N–H and O–H groups in total. The Morgan fingerprint density at radius 2 is 1.72 bits per heavy atom. The van der Waals surface area contributed by atoms with Gasteiger partial charge < -0.3 is 25.0 Å². The highest BCUT2D eigenvalue weighted by molar-refractivity contribution is 5.79. The third-order valence-corrected chi connectivity index (χ3v) is 4.23. The van der Waals surface area contributed by atoms with E-state index in [2.05, 4.69) is 10.6 Å². The van der Waals surface area contributed by atoms with Gasteiger partial charge in [0, 0.05) is 25.0 Å². The highest BCUT2D eigenvalue weighted by Crippen LogP contribution is 2.30. The van der Waals surface area contributed by atoms with Crippen LogP contribution in [0.25, 0.3) is 0 Å². The maximum absolute atomic E-state index is 11.6. The Labute approximate surface area is 193 Å². The summed E-state index contributed by atoms with van der Waals surface area (Å²) >= 11 is 0. The Morgan fingerprint density at radius 3 is 2.22 bits per heavy atom. The lowest BCUT2D eigenvalue weighted by atomic mass is 10.1. The van der Waals surface area contributed by atoms with Gasteiger partial charge in [-0.3, -0.25) is 9.59 Å². The molecule has 1 heterocycles. The molecular weight excluding hydrogens is 406 g/mol. The molecule has 1 aliphatic rings. The van der Waals surface area contributed by atoms with Crippen LogP contribution in [-0.2, 0) is 9.59 Å². The highest BCUT2D eigenvalue weighted by Gasteiger charge is 2.09. The molecule has 178 valence electrons. The van der Waals surface area contributed by atoms with E-state index < -0.39 is 0 Å². The first kappa shape index (κ1) is 28.8. The number of hydrogen-bond acceptors (Lipinski definition) is 5. The number of rotatable bonds is 9. The fraction of sp³-hybridized carbons (Fsp3) is 0.440. The SMILES string of the molecule is C/C=C/C(CCNC(=O)CN(C)C=O)=C(/C)N/C(C)=C/C.CC.c1ccc2c(c1)OCO2. The topological polar surface area (TPSA) is 79.9 Å². The molecule has 0 unspecified atom stereocenters. The van der Waals surface area contributed by atoms with Crippen LogP contribution in [0.1, 0.15) is 48.0 Å². The number of carbonyl (C=O) groups excluding carboxylic acids is 2. The third-order valence-electron chi connectivity index (χ3n) is 4.23. The van der Waals surface area contributed by atoms with E-state index in [1.165, 1.54) is 4.90 Å². The first-order valence-electron chi connectivity index (χ1n) is 10.9. The minimum atomic E-state index is -0.153. The van der Waals surface area contributed by atoms with Crippen LogP contribution in [-0.4, -0.2) is 44.1 Å². The van der Waals surface area contributed by atoms with Crippen LogP contribution in [0.3, 0.4) is 0 Å². The standard InChI is InChI=1S/C16H27N3O2.C7H6O2.C2H6/c1-6-8-15(14(4)18-13(3)7-2)9-10-17-16(21)11-19(5)12-20;1-2-4-7-6(3-1)8-5-9-7;1-2/h6-8,12,18H,9-11H2,1-5H3,(H,17,21);1-4H,5H2;1-2H3/b8-6+,13-7+,15-14+;;. The summed E-state index contributed by atoms with van der Waals surface area (Å²) in [5.41, 5.74) is 3.30. The maximum atomic E-state index is 11.6. The summed E-state index contributed by atoms with van der Waals surface area (Å²) in [7, 11) is 1.58. The molecule has 0 saturated carbocycles. The smallest absolute Gasteiger partial charge is 0.239 e. The molecular formula is C25H39N3O4. The largest absolute Gasteiger partial charge is 0.454 e. The van der Waals surface area contributed by atoms with Crippen molar-refractivity contribution in [1.82, 2.24) is 15.5 Å². The lowest BCUT2D eigenvalue weighted by Crippen LogP contribution is -2.35. The van der Waals surface area contributed by atoms with E-state index in [9.17, 15) is 9.59 Å². The van der Waals surface area contributed by atoms with E-state index in [1.807, 2.05) is 84.0 Å². The molecule has 1 aromatic carbocycles. The van der Waals surface area contributed by atoms with Crippen molar-refractivity contribution < 1.29 is 19.1 Å². The van der Waals surface area contributed by atoms with Gasteiger partial charge in [-0.15, -0.1) is 0 Å². The predicted octanol–water partition coefficient (Wildman–Crippen LogP) is 4.39. The molecule has 7 nitrogen and oxygen atoms in total. The Morgan fingerprint density at radius 1 is 1.12 bits per heavy atom. The van der Waals surface area contributed by atoms with Gasteiger partial charge in [-0.25, -0.2) is 0 Å². The van der Waals surface area contributed by atoms with Crippen LogP contribution in [0.15, 0.2) is 59.5 Å². The number of fused-ring (bicyclic) bond motifs is 1. The van der Waals surface area contributed by atoms with Crippen molar-refractivity contribution in [3.05, 3.63) is 59.5 Å². The summed E-state index contributed by atoms with van der Waals surface area (Å²) in [6.07, 6.45) is 7.39. The van der Waals surface area contributed by atoms with Crippen LogP contribution in [0.2, 0.25) is 0 Å². The molecule has 2 rings (SSSR count). The zero-order valence-corrected chi connectivity index (χ0v) is 20.5. The van der Waals surface area contributed by atoms with E-state index in [4.69, 9.17) is 9.47 Å². The number of nitrogens with one attached hydrogen (secondary N) is 2. The number of likely N-dealkylation sites (N-methyl/N-ethyl adjacent to an activating group) is 1. The molecule has 2 amide bonds. The number of ether oxygens (including phenoxy) is 2. The van der Waals surface area contributed by atoms with E-state index in [0.717, 1.165) is 34.9 Å². The fourth-order valence-corrected chi connectivity index (χ4v) is 2.55. The predicted molar refractivity (Wildman–Crippen MR) is 130 cm³/mol. The monoisotopic (exact) mass is 445 g/mol. The molecule has 0 radical (unpaired) electrons. The Balaban J connectivity index is 0.000000709. The van der Waals surface area contributed by atoms with Crippen LogP contribution in [0, 0.1) is 0 Å². The van der Waals surface area contributed by atoms with E-state index in [0.29, 0.717) is 19.7 Å². The van der Waals surface area contributed by atoms with Crippen molar-refractivity contribution in [3.63, 3.8) is 0 Å². The average molecular weight is 446 g/mol. The van der Waals surface area contributed by atoms with Gasteiger partial charge in [-0.05, 0) is 51.8 Å². The van der Waals surface area contributed by atoms with Crippen molar-refractivity contribution in [2.75, 3.05) is 26.9 Å². The molecule has 0 bridgehead atoms. The van der Waals surface area contributed by atoms with Crippen molar-refractivity contribution in [3.8, 4) is 11.5 Å². The molecule has 0 saturated heterocycles. The Hall–Kier alpha value is -3.22. The van der Waals surface area contributed by atoms with Gasteiger partial charge in [-0.2, -0.15) is 0 Å². The van der Waals surface area contributed by atoms with Crippen molar-refractivity contribution in [2.45, 2.75) is 48.0 Å².